The van der Waals surface area contributed by atoms with Gasteiger partial charge in [-0.25, -0.2) is 0 Å². The van der Waals surface area contributed by atoms with Crippen molar-refractivity contribution in [3.8, 4) is 0 Å². The molecule has 0 amide bonds. The maximum atomic E-state index is 2.34. The van der Waals surface area contributed by atoms with Crippen molar-refractivity contribution in [1.29, 1.82) is 0 Å². The van der Waals surface area contributed by atoms with Gasteiger partial charge in [0, 0.05) is 0 Å². The molecule has 0 aromatic heterocycles. The Balaban J connectivity index is 2.14. The highest BCUT2D eigenvalue weighted by atomic mass is 14.3. The van der Waals surface area contributed by atoms with Crippen molar-refractivity contribution in [1.82, 2.24) is 0 Å². The lowest BCUT2D eigenvalue weighted by atomic mass is 9.93. The standard InChI is InChI=1S/C10H19/c1-3-4-7-10-8-5-6-9(10)2/h10H,3-8H2,1-2H3. The molecule has 10 heavy (non-hydrogen) atoms. The van der Waals surface area contributed by atoms with Gasteiger partial charge in [-0.05, 0) is 31.1 Å². The van der Waals surface area contributed by atoms with Gasteiger partial charge in [-0.2, -0.15) is 0 Å². The molecule has 0 N–H and O–H groups in total. The highest BCUT2D eigenvalue weighted by Gasteiger charge is 2.22. The predicted octanol–water partition coefficient (Wildman–Crippen LogP) is 3.57. The van der Waals surface area contributed by atoms with Gasteiger partial charge in [-0.3, -0.25) is 0 Å². The molecule has 1 aliphatic rings. The van der Waals surface area contributed by atoms with Crippen LogP contribution in [0.3, 0.4) is 0 Å². The maximum absolute atomic E-state index is 2.34. The van der Waals surface area contributed by atoms with Crippen LogP contribution in [0.15, 0.2) is 0 Å². The Labute approximate surface area is 65.0 Å². The second kappa shape index (κ2) is 4.00. The highest BCUT2D eigenvalue weighted by molar-refractivity contribution is 4.96. The summed E-state index contributed by atoms with van der Waals surface area (Å²) in [6, 6.07) is 0. The quantitative estimate of drug-likeness (QED) is 0.560. The first kappa shape index (κ1) is 8.10. The predicted molar refractivity (Wildman–Crippen MR) is 45.8 cm³/mol. The molecule has 0 spiro atoms. The van der Waals surface area contributed by atoms with Gasteiger partial charge in [-0.1, -0.05) is 33.1 Å². The number of rotatable bonds is 3. The van der Waals surface area contributed by atoms with Gasteiger partial charge in [0.1, 0.15) is 0 Å². The molecule has 1 fully saturated rings. The van der Waals surface area contributed by atoms with Crippen molar-refractivity contribution in [2.45, 2.75) is 52.4 Å². The molecule has 0 saturated heterocycles. The SMILES string of the molecule is CCCCC1CCC[C]1C. The van der Waals surface area contributed by atoms with E-state index in [9.17, 15) is 0 Å². The van der Waals surface area contributed by atoms with Crippen LogP contribution in [0, 0.1) is 11.8 Å². The van der Waals surface area contributed by atoms with Crippen LogP contribution in [-0.4, -0.2) is 0 Å². The summed E-state index contributed by atoms with van der Waals surface area (Å²) in [4.78, 5) is 0. The number of hydrogen-bond acceptors (Lipinski definition) is 0. The molecule has 1 unspecified atom stereocenters. The van der Waals surface area contributed by atoms with Gasteiger partial charge in [0.15, 0.2) is 0 Å². The lowest BCUT2D eigenvalue weighted by Crippen LogP contribution is -2.00. The van der Waals surface area contributed by atoms with Crippen molar-refractivity contribution in [2.75, 3.05) is 0 Å². The van der Waals surface area contributed by atoms with Crippen molar-refractivity contribution in [3.63, 3.8) is 0 Å². The minimum absolute atomic E-state index is 1.000. The van der Waals surface area contributed by atoms with E-state index in [1.54, 1.807) is 5.92 Å². The summed E-state index contributed by atoms with van der Waals surface area (Å²) in [5.41, 5.74) is 0. The highest BCUT2D eigenvalue weighted by Crippen LogP contribution is 2.36. The Bertz CT molecular complexity index is 86.0. The van der Waals surface area contributed by atoms with Crippen molar-refractivity contribution in [3.05, 3.63) is 5.92 Å². The molecule has 0 heteroatoms. The molecule has 1 atom stereocenters. The second-order valence-corrected chi connectivity index (χ2v) is 3.58. The fourth-order valence-corrected chi connectivity index (χ4v) is 1.92. The fraction of sp³-hybridized carbons (Fsp3) is 0.900. The first-order valence-corrected chi connectivity index (χ1v) is 4.67. The Kier molecular flexibility index (Phi) is 3.24. The Hall–Kier alpha value is 0. The minimum atomic E-state index is 1.000. The van der Waals surface area contributed by atoms with E-state index in [0.29, 0.717) is 0 Å². The summed E-state index contributed by atoms with van der Waals surface area (Å²) < 4.78 is 0. The van der Waals surface area contributed by atoms with E-state index in [4.69, 9.17) is 0 Å². The van der Waals surface area contributed by atoms with Crippen molar-refractivity contribution < 1.29 is 0 Å². The summed E-state index contributed by atoms with van der Waals surface area (Å²) in [7, 11) is 0. The Morgan fingerprint density at radius 2 is 2.30 bits per heavy atom. The summed E-state index contributed by atoms with van der Waals surface area (Å²) in [6.45, 7) is 4.62. The van der Waals surface area contributed by atoms with Crippen LogP contribution in [0.5, 0.6) is 0 Å². The van der Waals surface area contributed by atoms with Crippen LogP contribution >= 0.6 is 0 Å². The van der Waals surface area contributed by atoms with E-state index < -0.39 is 0 Å². The third-order valence-electron chi connectivity index (χ3n) is 2.73. The zero-order chi connectivity index (χ0) is 7.40. The van der Waals surface area contributed by atoms with E-state index in [1.807, 2.05) is 0 Å². The lowest BCUT2D eigenvalue weighted by molar-refractivity contribution is 0.505. The molecular formula is C10H19. The van der Waals surface area contributed by atoms with E-state index in [1.165, 1.54) is 38.5 Å². The molecule has 0 aliphatic heterocycles. The largest absolute Gasteiger partial charge is 0.0654 e. The van der Waals surface area contributed by atoms with Crippen LogP contribution in [0.25, 0.3) is 0 Å². The Morgan fingerprint density at radius 3 is 2.80 bits per heavy atom. The van der Waals surface area contributed by atoms with Crippen LogP contribution < -0.4 is 0 Å². The second-order valence-electron chi connectivity index (χ2n) is 3.58. The van der Waals surface area contributed by atoms with Gasteiger partial charge < -0.3 is 0 Å². The molecule has 0 aromatic rings. The van der Waals surface area contributed by atoms with Gasteiger partial charge >= 0.3 is 0 Å². The summed E-state index contributed by atoms with van der Waals surface area (Å²) >= 11 is 0. The first-order chi connectivity index (χ1) is 4.84. The number of hydrogen-bond donors (Lipinski definition) is 0. The molecule has 1 radical (unpaired) electrons. The molecule has 0 nitrogen and oxygen atoms in total. The summed E-state index contributed by atoms with van der Waals surface area (Å²) in [5.74, 6) is 2.77. The molecule has 1 aliphatic carbocycles. The van der Waals surface area contributed by atoms with Crippen molar-refractivity contribution >= 4 is 0 Å². The van der Waals surface area contributed by atoms with Crippen LogP contribution in [0.4, 0.5) is 0 Å². The van der Waals surface area contributed by atoms with E-state index in [0.717, 1.165) is 5.92 Å². The molecule has 0 heterocycles. The normalized spacial score (nSPS) is 27.6. The van der Waals surface area contributed by atoms with Gasteiger partial charge in [0.25, 0.3) is 0 Å². The van der Waals surface area contributed by atoms with E-state index >= 15 is 0 Å². The van der Waals surface area contributed by atoms with Crippen LogP contribution in [-0.2, 0) is 0 Å². The van der Waals surface area contributed by atoms with Crippen molar-refractivity contribution in [2.24, 2.45) is 5.92 Å². The topological polar surface area (TPSA) is 0 Å². The molecule has 0 bridgehead atoms. The van der Waals surface area contributed by atoms with Gasteiger partial charge in [-0.15, -0.1) is 0 Å². The molecule has 1 rings (SSSR count). The fourth-order valence-electron chi connectivity index (χ4n) is 1.92. The molecule has 1 saturated carbocycles. The van der Waals surface area contributed by atoms with Gasteiger partial charge in [0.2, 0.25) is 0 Å². The Morgan fingerprint density at radius 1 is 1.50 bits per heavy atom. The zero-order valence-corrected chi connectivity index (χ0v) is 7.32. The van der Waals surface area contributed by atoms with Crippen LogP contribution in [0.2, 0.25) is 0 Å². The number of unbranched alkanes of at least 4 members (excludes halogenated alkanes) is 1. The third kappa shape index (κ3) is 2.00. The summed E-state index contributed by atoms with van der Waals surface area (Å²) in [6.07, 6.45) is 8.61. The van der Waals surface area contributed by atoms with E-state index in [2.05, 4.69) is 13.8 Å². The molecular weight excluding hydrogens is 120 g/mol. The van der Waals surface area contributed by atoms with Gasteiger partial charge in [0.05, 0.1) is 0 Å². The van der Waals surface area contributed by atoms with E-state index in [-0.39, 0.29) is 0 Å². The summed E-state index contributed by atoms with van der Waals surface area (Å²) in [5, 5.41) is 0. The minimum Gasteiger partial charge on any atom is -0.0654 e. The maximum Gasteiger partial charge on any atom is -0.0241 e. The first-order valence-electron chi connectivity index (χ1n) is 4.67. The third-order valence-corrected chi connectivity index (χ3v) is 2.73. The smallest absolute Gasteiger partial charge is 0.0241 e. The molecule has 0 aromatic carbocycles. The average Bonchev–Trinajstić information content (AvgIpc) is 2.31. The van der Waals surface area contributed by atoms with Crippen LogP contribution in [0.1, 0.15) is 52.4 Å². The molecule has 59 valence electrons. The zero-order valence-electron chi connectivity index (χ0n) is 7.32. The lowest BCUT2D eigenvalue weighted by Gasteiger charge is -2.12. The average molecular weight is 139 g/mol. The monoisotopic (exact) mass is 139 g/mol.